The highest BCUT2D eigenvalue weighted by Crippen LogP contribution is 2.43. The van der Waals surface area contributed by atoms with Gasteiger partial charge in [-0.1, -0.05) is 32.0 Å². The van der Waals surface area contributed by atoms with E-state index in [1.54, 1.807) is 12.1 Å². The lowest BCUT2D eigenvalue weighted by Gasteiger charge is -2.22. The smallest absolute Gasteiger partial charge is 0.322 e. The summed E-state index contributed by atoms with van der Waals surface area (Å²) in [7, 11) is 4.52. The molecular weight excluding hydrogens is 514 g/mol. The highest BCUT2D eigenvalue weighted by atomic mass is 16.5. The van der Waals surface area contributed by atoms with Crippen molar-refractivity contribution in [2.75, 3.05) is 27.9 Å². The number of imide groups is 1. The standard InChI is InChI=1S/C30H35N3O7/c1-17(2)12-22(31)30(36)40-11-10-33-16-21(19-8-6-7-9-23(19)33)27-20(15-26(34)32-29(27)35)18-13-24(37-3)28(39-5)25(14-18)38-4/h6-9,13-14,16-17,22H,10-12,15,31H2,1-5H3,(H,32,34,35). The molecule has 0 saturated heterocycles. The van der Waals surface area contributed by atoms with E-state index in [-0.39, 0.29) is 18.9 Å². The number of methoxy groups -OCH3 is 3. The highest BCUT2D eigenvalue weighted by Gasteiger charge is 2.31. The Hall–Kier alpha value is -4.31. The molecular formula is C30H35N3O7. The van der Waals surface area contributed by atoms with Gasteiger partial charge < -0.3 is 29.2 Å². The van der Waals surface area contributed by atoms with Crippen LogP contribution in [0.3, 0.4) is 0 Å². The number of aromatic nitrogens is 1. The van der Waals surface area contributed by atoms with Crippen LogP contribution in [0.2, 0.25) is 0 Å². The largest absolute Gasteiger partial charge is 0.493 e. The van der Waals surface area contributed by atoms with Crippen LogP contribution in [0.25, 0.3) is 22.0 Å². The van der Waals surface area contributed by atoms with E-state index < -0.39 is 23.8 Å². The van der Waals surface area contributed by atoms with Gasteiger partial charge >= 0.3 is 5.97 Å². The van der Waals surface area contributed by atoms with Crippen LogP contribution in [-0.4, -0.2) is 56.3 Å². The molecule has 0 bridgehead atoms. The van der Waals surface area contributed by atoms with Gasteiger partial charge in [-0.2, -0.15) is 0 Å². The number of carbonyl (C=O) groups excluding carboxylic acids is 3. The number of nitrogens with one attached hydrogen (secondary N) is 1. The Morgan fingerprint density at radius 2 is 1.73 bits per heavy atom. The number of esters is 1. The van der Waals surface area contributed by atoms with Gasteiger partial charge in [-0.3, -0.25) is 19.7 Å². The van der Waals surface area contributed by atoms with E-state index in [1.165, 1.54) is 21.3 Å². The molecule has 10 heteroatoms. The maximum absolute atomic E-state index is 13.4. The number of nitrogens with zero attached hydrogens (tertiary/aromatic N) is 1. The fraction of sp³-hybridized carbons (Fsp3) is 0.367. The number of hydrogen-bond acceptors (Lipinski definition) is 8. The van der Waals surface area contributed by atoms with Crippen molar-refractivity contribution in [1.82, 2.24) is 9.88 Å². The second-order valence-corrected chi connectivity index (χ2v) is 9.98. The minimum absolute atomic E-state index is 0.0232. The summed E-state index contributed by atoms with van der Waals surface area (Å²) in [5, 5.41) is 3.27. The molecule has 0 aliphatic carbocycles. The number of benzene rings is 2. The second-order valence-electron chi connectivity index (χ2n) is 9.98. The molecule has 3 N–H and O–H groups in total. The SMILES string of the molecule is COc1cc(C2=C(c3cn(CCOC(=O)C(N)CC(C)C)c4ccccc34)C(=O)NC(=O)C2)cc(OC)c1OC. The van der Waals surface area contributed by atoms with Crippen LogP contribution in [0.15, 0.2) is 42.6 Å². The lowest BCUT2D eigenvalue weighted by atomic mass is 9.88. The van der Waals surface area contributed by atoms with Gasteiger partial charge in [0.2, 0.25) is 11.7 Å². The Balaban J connectivity index is 1.78. The zero-order valence-electron chi connectivity index (χ0n) is 23.4. The average molecular weight is 550 g/mol. The van der Waals surface area contributed by atoms with Crippen molar-refractivity contribution < 1.29 is 33.3 Å². The van der Waals surface area contributed by atoms with E-state index in [0.717, 1.165) is 10.9 Å². The monoisotopic (exact) mass is 549 g/mol. The Labute approximate surface area is 233 Å². The Kier molecular flexibility index (Phi) is 8.79. The van der Waals surface area contributed by atoms with Crippen molar-refractivity contribution in [2.45, 2.75) is 39.3 Å². The summed E-state index contributed by atoms with van der Waals surface area (Å²) >= 11 is 0. The molecule has 1 atom stereocenters. The molecule has 0 spiro atoms. The van der Waals surface area contributed by atoms with Crippen LogP contribution in [0.5, 0.6) is 17.2 Å². The van der Waals surface area contributed by atoms with Crippen molar-refractivity contribution in [3.05, 3.63) is 53.7 Å². The molecule has 0 radical (unpaired) electrons. The van der Waals surface area contributed by atoms with E-state index in [9.17, 15) is 14.4 Å². The summed E-state index contributed by atoms with van der Waals surface area (Å²) in [6, 6.07) is 10.4. The first kappa shape index (κ1) is 28.7. The van der Waals surface area contributed by atoms with Crippen LogP contribution >= 0.6 is 0 Å². The highest BCUT2D eigenvalue weighted by molar-refractivity contribution is 6.35. The van der Waals surface area contributed by atoms with Gasteiger partial charge in [0.25, 0.3) is 5.91 Å². The molecule has 1 aliphatic heterocycles. The molecule has 2 heterocycles. The molecule has 3 aromatic rings. The van der Waals surface area contributed by atoms with Gasteiger partial charge in [-0.05, 0) is 41.7 Å². The van der Waals surface area contributed by atoms with Gasteiger partial charge in [0.05, 0.1) is 39.9 Å². The van der Waals surface area contributed by atoms with Crippen molar-refractivity contribution >= 4 is 39.8 Å². The molecule has 10 nitrogen and oxygen atoms in total. The van der Waals surface area contributed by atoms with Crippen LogP contribution in [-0.2, 0) is 25.7 Å². The number of para-hydroxylation sites is 1. The van der Waals surface area contributed by atoms with Crippen LogP contribution < -0.4 is 25.3 Å². The number of ether oxygens (including phenoxy) is 4. The summed E-state index contributed by atoms with van der Waals surface area (Å²) in [5.41, 5.74) is 8.94. The lowest BCUT2D eigenvalue weighted by Crippen LogP contribution is -2.35. The minimum Gasteiger partial charge on any atom is -0.493 e. The van der Waals surface area contributed by atoms with Crippen LogP contribution in [0.1, 0.15) is 37.8 Å². The first-order valence-electron chi connectivity index (χ1n) is 13.1. The molecule has 1 aromatic heterocycles. The summed E-state index contributed by atoms with van der Waals surface area (Å²) < 4.78 is 23.8. The molecule has 2 aromatic carbocycles. The van der Waals surface area contributed by atoms with Gasteiger partial charge in [0.15, 0.2) is 11.5 Å². The number of nitrogens with two attached hydrogens (primary N) is 1. The quantitative estimate of drug-likeness (QED) is 0.274. The first-order chi connectivity index (χ1) is 19.2. The zero-order chi connectivity index (χ0) is 29.0. The van der Waals surface area contributed by atoms with E-state index in [2.05, 4.69) is 5.32 Å². The maximum atomic E-state index is 13.4. The molecule has 1 aliphatic rings. The molecule has 0 saturated carbocycles. The van der Waals surface area contributed by atoms with Crippen LogP contribution in [0, 0.1) is 5.92 Å². The number of fused-ring (bicyclic) bond motifs is 1. The lowest BCUT2D eigenvalue weighted by molar-refractivity contribution is -0.145. The van der Waals surface area contributed by atoms with Crippen molar-refractivity contribution in [2.24, 2.45) is 11.7 Å². The Morgan fingerprint density at radius 3 is 2.35 bits per heavy atom. The van der Waals surface area contributed by atoms with E-state index >= 15 is 0 Å². The number of amides is 2. The topological polar surface area (TPSA) is 131 Å². The molecule has 2 amide bonds. The van der Waals surface area contributed by atoms with Gasteiger partial charge in [0.1, 0.15) is 12.6 Å². The summed E-state index contributed by atoms with van der Waals surface area (Å²) in [6.45, 7) is 4.47. The van der Waals surface area contributed by atoms with Gasteiger partial charge in [-0.15, -0.1) is 0 Å². The molecule has 0 fully saturated rings. The second kappa shape index (κ2) is 12.3. The number of carbonyl (C=O) groups is 3. The van der Waals surface area contributed by atoms with Crippen molar-refractivity contribution in [3.63, 3.8) is 0 Å². The number of rotatable bonds is 11. The molecule has 40 heavy (non-hydrogen) atoms. The maximum Gasteiger partial charge on any atom is 0.322 e. The van der Waals surface area contributed by atoms with Gasteiger partial charge in [0, 0.05) is 22.7 Å². The summed E-state index contributed by atoms with van der Waals surface area (Å²) in [6.07, 6.45) is 2.36. The minimum atomic E-state index is -0.674. The fourth-order valence-corrected chi connectivity index (χ4v) is 4.99. The Morgan fingerprint density at radius 1 is 1.05 bits per heavy atom. The molecule has 212 valence electrons. The van der Waals surface area contributed by atoms with E-state index in [0.29, 0.717) is 52.5 Å². The third-order valence-corrected chi connectivity index (χ3v) is 6.79. The fourth-order valence-electron chi connectivity index (χ4n) is 4.99. The first-order valence-corrected chi connectivity index (χ1v) is 13.1. The van der Waals surface area contributed by atoms with E-state index in [4.69, 9.17) is 24.7 Å². The third-order valence-electron chi connectivity index (χ3n) is 6.79. The van der Waals surface area contributed by atoms with Gasteiger partial charge in [-0.25, -0.2) is 0 Å². The van der Waals surface area contributed by atoms with Crippen molar-refractivity contribution in [3.8, 4) is 17.2 Å². The van der Waals surface area contributed by atoms with Crippen LogP contribution in [0.4, 0.5) is 0 Å². The molecule has 1 unspecified atom stereocenters. The third kappa shape index (κ3) is 5.81. The number of hydrogen-bond donors (Lipinski definition) is 2. The average Bonchev–Trinajstić information content (AvgIpc) is 3.29. The Bertz CT molecular complexity index is 1450. The zero-order valence-corrected chi connectivity index (χ0v) is 23.4. The van der Waals surface area contributed by atoms with E-state index in [1.807, 2.05) is 48.9 Å². The predicted molar refractivity (Wildman–Crippen MR) is 151 cm³/mol. The predicted octanol–water partition coefficient (Wildman–Crippen LogP) is 3.54. The summed E-state index contributed by atoms with van der Waals surface area (Å²) in [5.74, 6) is 0.133. The normalized spacial score (nSPS) is 14.4. The molecule has 4 rings (SSSR count). The van der Waals surface area contributed by atoms with Crippen molar-refractivity contribution in [1.29, 1.82) is 0 Å². The summed E-state index contributed by atoms with van der Waals surface area (Å²) in [4.78, 5) is 38.2.